The van der Waals surface area contributed by atoms with E-state index >= 15 is 0 Å². The Labute approximate surface area is 226 Å². The van der Waals surface area contributed by atoms with Crippen LogP contribution in [0.4, 0.5) is 10.2 Å². The van der Waals surface area contributed by atoms with Crippen LogP contribution in [-0.4, -0.2) is 65.1 Å². The molecule has 2 aliphatic heterocycles. The van der Waals surface area contributed by atoms with Crippen LogP contribution < -0.4 is 4.90 Å². The summed E-state index contributed by atoms with van der Waals surface area (Å²) in [5.74, 6) is 0.0951. The van der Waals surface area contributed by atoms with Crippen LogP contribution in [0.3, 0.4) is 0 Å². The highest BCUT2D eigenvalue weighted by molar-refractivity contribution is 8.00. The number of carbonyl (C=O) groups excluding carboxylic acids is 2. The van der Waals surface area contributed by atoms with Crippen molar-refractivity contribution in [1.29, 1.82) is 0 Å². The average molecular weight is 537 g/mol. The summed E-state index contributed by atoms with van der Waals surface area (Å²) in [5.41, 5.74) is 3.94. The van der Waals surface area contributed by atoms with E-state index in [2.05, 4.69) is 20.8 Å². The van der Waals surface area contributed by atoms with Gasteiger partial charge in [-0.3, -0.25) is 14.5 Å². The number of hydrogen-bond acceptors (Lipinski definition) is 5. The molecule has 7 nitrogen and oxygen atoms in total. The number of halogens is 1. The molecule has 1 fully saturated rings. The van der Waals surface area contributed by atoms with Gasteiger partial charge in [-0.05, 0) is 36.8 Å². The first-order valence-corrected chi connectivity index (χ1v) is 13.9. The van der Waals surface area contributed by atoms with Gasteiger partial charge in [-0.2, -0.15) is 5.10 Å². The van der Waals surface area contributed by atoms with Crippen LogP contribution in [0.15, 0.2) is 48.5 Å². The molecule has 1 saturated heterocycles. The normalized spacial score (nSPS) is 18.3. The van der Waals surface area contributed by atoms with Crippen LogP contribution in [0.5, 0.6) is 0 Å². The number of ether oxygens (including phenoxy) is 1. The highest BCUT2D eigenvalue weighted by atomic mass is 32.2. The molecule has 1 atom stereocenters. The maximum absolute atomic E-state index is 14.4. The van der Waals surface area contributed by atoms with E-state index in [9.17, 15) is 14.0 Å². The van der Waals surface area contributed by atoms with Gasteiger partial charge in [0.2, 0.25) is 11.8 Å². The summed E-state index contributed by atoms with van der Waals surface area (Å²) >= 11 is 1.45. The molecule has 1 aromatic heterocycles. The molecule has 0 aliphatic carbocycles. The van der Waals surface area contributed by atoms with Gasteiger partial charge in [0.05, 0.1) is 35.6 Å². The average Bonchev–Trinajstić information content (AvgIpc) is 3.22. The lowest BCUT2D eigenvalue weighted by Gasteiger charge is -2.30. The SMILES string of the molecule is Cc1ccc(-n2nc(C(C)(C)C)c3c2N(CC(=O)N2CCOCC2)C(=O)CS[C@H]3c2cccc(F)c2)cc1. The molecule has 0 saturated carbocycles. The number of thioether (sulfide) groups is 1. The van der Waals surface area contributed by atoms with Crippen LogP contribution in [0.2, 0.25) is 0 Å². The van der Waals surface area contributed by atoms with Crippen LogP contribution in [0.1, 0.15) is 48.4 Å². The minimum atomic E-state index is -0.376. The Hall–Kier alpha value is -3.17. The standard InChI is InChI=1S/C29H33FN4O3S/c1-19-8-10-22(11-9-19)34-28-25(27(31-34)29(2,3)4)26(20-6-5-7-21(30)16-20)38-18-24(36)33(28)17-23(35)32-12-14-37-15-13-32/h5-11,16,26H,12-15,17-18H2,1-4H3/t26-/m0/s1. The Morgan fingerprint density at radius 1 is 1.13 bits per heavy atom. The van der Waals surface area contributed by atoms with Gasteiger partial charge in [0.1, 0.15) is 18.2 Å². The smallest absolute Gasteiger partial charge is 0.242 e. The molecule has 2 aromatic carbocycles. The first-order chi connectivity index (χ1) is 18.1. The predicted octanol–water partition coefficient (Wildman–Crippen LogP) is 4.65. The lowest BCUT2D eigenvalue weighted by Crippen LogP contribution is -2.48. The second kappa shape index (κ2) is 10.5. The van der Waals surface area contributed by atoms with Crippen molar-refractivity contribution in [1.82, 2.24) is 14.7 Å². The molecular formula is C29H33FN4O3S. The summed E-state index contributed by atoms with van der Waals surface area (Å²) in [6, 6.07) is 14.5. The molecule has 0 unspecified atom stereocenters. The number of hydrogen-bond donors (Lipinski definition) is 0. The second-order valence-electron chi connectivity index (χ2n) is 10.8. The number of aryl methyl sites for hydroxylation is 1. The van der Waals surface area contributed by atoms with Crippen molar-refractivity contribution in [2.75, 3.05) is 43.5 Å². The maximum Gasteiger partial charge on any atom is 0.242 e. The van der Waals surface area contributed by atoms with Crippen molar-refractivity contribution >= 4 is 29.4 Å². The van der Waals surface area contributed by atoms with Gasteiger partial charge in [-0.1, -0.05) is 50.6 Å². The van der Waals surface area contributed by atoms with E-state index in [1.807, 2.05) is 37.3 Å². The van der Waals surface area contributed by atoms with Gasteiger partial charge < -0.3 is 9.64 Å². The fraction of sp³-hybridized carbons (Fsp3) is 0.414. The first kappa shape index (κ1) is 26.4. The van der Waals surface area contributed by atoms with Crippen LogP contribution in [-0.2, 0) is 19.7 Å². The second-order valence-corrected chi connectivity index (χ2v) is 11.9. The molecule has 2 aliphatic rings. The highest BCUT2D eigenvalue weighted by Gasteiger charge is 2.40. The summed E-state index contributed by atoms with van der Waals surface area (Å²) in [7, 11) is 0. The van der Waals surface area contributed by atoms with Crippen molar-refractivity contribution in [3.8, 4) is 5.69 Å². The van der Waals surface area contributed by atoms with E-state index in [4.69, 9.17) is 9.84 Å². The van der Waals surface area contributed by atoms with Crippen LogP contribution >= 0.6 is 11.8 Å². The van der Waals surface area contributed by atoms with Gasteiger partial charge in [-0.15, -0.1) is 11.8 Å². The first-order valence-electron chi connectivity index (χ1n) is 12.9. The molecule has 200 valence electrons. The van der Waals surface area contributed by atoms with Gasteiger partial charge in [-0.25, -0.2) is 9.07 Å². The molecule has 0 bridgehead atoms. The van der Waals surface area contributed by atoms with Gasteiger partial charge in [0.15, 0.2) is 0 Å². The van der Waals surface area contributed by atoms with Gasteiger partial charge >= 0.3 is 0 Å². The largest absolute Gasteiger partial charge is 0.378 e. The zero-order chi connectivity index (χ0) is 27.0. The molecule has 3 heterocycles. The minimum Gasteiger partial charge on any atom is -0.378 e. The molecule has 0 radical (unpaired) electrons. The molecular weight excluding hydrogens is 503 g/mol. The third-order valence-corrected chi connectivity index (χ3v) is 8.14. The lowest BCUT2D eigenvalue weighted by atomic mass is 9.87. The van der Waals surface area contributed by atoms with Crippen molar-refractivity contribution in [3.63, 3.8) is 0 Å². The number of fused-ring (bicyclic) bond motifs is 1. The highest BCUT2D eigenvalue weighted by Crippen LogP contribution is 2.48. The number of aromatic nitrogens is 2. The Balaban J connectivity index is 1.73. The summed E-state index contributed by atoms with van der Waals surface area (Å²) < 4.78 is 21.6. The zero-order valence-corrected chi connectivity index (χ0v) is 23.1. The predicted molar refractivity (Wildman–Crippen MR) is 147 cm³/mol. The van der Waals surface area contributed by atoms with E-state index in [-0.39, 0.29) is 40.6 Å². The summed E-state index contributed by atoms with van der Waals surface area (Å²) in [4.78, 5) is 30.5. The molecule has 5 rings (SSSR count). The summed E-state index contributed by atoms with van der Waals surface area (Å²) in [6.45, 7) is 10.1. The monoisotopic (exact) mass is 536 g/mol. The molecule has 38 heavy (non-hydrogen) atoms. The number of rotatable bonds is 4. The quantitative estimate of drug-likeness (QED) is 0.486. The number of carbonyl (C=O) groups is 2. The molecule has 9 heteroatoms. The number of nitrogens with zero attached hydrogens (tertiary/aromatic N) is 4. The third-order valence-electron chi connectivity index (χ3n) is 6.89. The van der Waals surface area contributed by atoms with E-state index in [1.54, 1.807) is 20.5 Å². The Morgan fingerprint density at radius 2 is 1.84 bits per heavy atom. The summed E-state index contributed by atoms with van der Waals surface area (Å²) in [6.07, 6.45) is 0. The van der Waals surface area contributed by atoms with Gasteiger partial charge in [0.25, 0.3) is 0 Å². The van der Waals surface area contributed by atoms with E-state index < -0.39 is 0 Å². The van der Waals surface area contributed by atoms with E-state index in [0.717, 1.165) is 28.1 Å². The Bertz CT molecular complexity index is 1340. The van der Waals surface area contributed by atoms with Crippen molar-refractivity contribution in [2.45, 2.75) is 38.4 Å². The van der Waals surface area contributed by atoms with Crippen molar-refractivity contribution in [3.05, 3.63) is 76.7 Å². The maximum atomic E-state index is 14.4. The van der Waals surface area contributed by atoms with Crippen LogP contribution in [0, 0.1) is 12.7 Å². The molecule has 0 spiro atoms. The number of morpholine rings is 1. The fourth-order valence-corrected chi connectivity index (χ4v) is 6.11. The number of amides is 2. The number of benzene rings is 2. The Kier molecular flexibility index (Phi) is 7.33. The molecule has 3 aromatic rings. The third kappa shape index (κ3) is 5.22. The Morgan fingerprint density at radius 3 is 2.50 bits per heavy atom. The van der Waals surface area contributed by atoms with Crippen molar-refractivity contribution in [2.24, 2.45) is 0 Å². The van der Waals surface area contributed by atoms with E-state index in [0.29, 0.717) is 32.1 Å². The molecule has 0 N–H and O–H groups in total. The minimum absolute atomic E-state index is 0.0938. The van der Waals surface area contributed by atoms with Crippen LogP contribution in [0.25, 0.3) is 5.69 Å². The zero-order valence-electron chi connectivity index (χ0n) is 22.2. The van der Waals surface area contributed by atoms with E-state index in [1.165, 1.54) is 23.9 Å². The topological polar surface area (TPSA) is 67.7 Å². The van der Waals surface area contributed by atoms with Crippen molar-refractivity contribution < 1.29 is 18.7 Å². The lowest BCUT2D eigenvalue weighted by molar-refractivity contribution is -0.134. The van der Waals surface area contributed by atoms with Gasteiger partial charge in [0, 0.05) is 24.1 Å². The summed E-state index contributed by atoms with van der Waals surface area (Å²) in [5, 5.41) is 4.75. The molecule has 2 amide bonds. The fourth-order valence-electron chi connectivity index (χ4n) is 4.92. The number of anilines is 1.